The number of hydrogen-bond donors (Lipinski definition) is 0. The summed E-state index contributed by atoms with van der Waals surface area (Å²) < 4.78 is 1.96. The van der Waals surface area contributed by atoms with E-state index in [1.807, 2.05) is 6.92 Å². The van der Waals surface area contributed by atoms with Crippen LogP contribution in [-0.4, -0.2) is 6.29 Å². The van der Waals surface area contributed by atoms with E-state index >= 15 is 0 Å². The molecule has 0 saturated carbocycles. The molecule has 10 heavy (non-hydrogen) atoms. The zero-order valence-electron chi connectivity index (χ0n) is 5.15. The Morgan fingerprint density at radius 1 is 1.50 bits per heavy atom. The molecule has 0 atom stereocenters. The molecule has 0 bridgehead atoms. The third-order valence-corrected chi connectivity index (χ3v) is 4.85. The van der Waals surface area contributed by atoms with Gasteiger partial charge in [-0.25, -0.2) is 0 Å². The van der Waals surface area contributed by atoms with Crippen molar-refractivity contribution in [2.45, 2.75) is 6.92 Å². The summed E-state index contributed by atoms with van der Waals surface area (Å²) in [6.07, 6.45) is 0.871. The van der Waals surface area contributed by atoms with Crippen molar-refractivity contribution in [1.82, 2.24) is 0 Å². The average Bonchev–Trinajstić information content (AvgIpc) is 2.17. The van der Waals surface area contributed by atoms with Crippen LogP contribution in [0.1, 0.15) is 15.2 Å². The van der Waals surface area contributed by atoms with E-state index in [2.05, 4.69) is 31.9 Å². The third-order valence-electron chi connectivity index (χ3n) is 1.18. The van der Waals surface area contributed by atoms with Crippen LogP contribution in [0.5, 0.6) is 0 Å². The molecule has 0 unspecified atom stereocenters. The smallest absolute Gasteiger partial charge is 0.160 e. The highest BCUT2D eigenvalue weighted by Crippen LogP contribution is 2.35. The molecule has 54 valence electrons. The number of aldehydes is 1. The van der Waals surface area contributed by atoms with Crippen molar-refractivity contribution in [3.8, 4) is 0 Å². The summed E-state index contributed by atoms with van der Waals surface area (Å²) in [5.74, 6) is 0. The second-order valence-corrected chi connectivity index (χ2v) is 4.96. The Balaban J connectivity index is 3.30. The minimum atomic E-state index is 0.777. The summed E-state index contributed by atoms with van der Waals surface area (Å²) in [5, 5.41) is 0. The van der Waals surface area contributed by atoms with Crippen LogP contribution in [0.2, 0.25) is 0 Å². The van der Waals surface area contributed by atoms with Crippen molar-refractivity contribution in [2.24, 2.45) is 0 Å². The van der Waals surface area contributed by atoms with Crippen LogP contribution in [0.3, 0.4) is 0 Å². The number of carbonyl (C=O) groups is 1. The highest BCUT2D eigenvalue weighted by Gasteiger charge is 2.08. The second-order valence-electron chi connectivity index (χ2n) is 1.80. The maximum atomic E-state index is 10.4. The number of halogens is 2. The first-order valence-corrected chi connectivity index (χ1v) is 4.96. The number of carbonyl (C=O) groups excluding carboxylic acids is 1. The normalized spacial score (nSPS) is 9.90. The van der Waals surface area contributed by atoms with Gasteiger partial charge in [0, 0.05) is 4.47 Å². The zero-order chi connectivity index (χ0) is 7.72. The van der Waals surface area contributed by atoms with Gasteiger partial charge in [-0.1, -0.05) is 0 Å². The molecule has 0 fully saturated rings. The summed E-state index contributed by atoms with van der Waals surface area (Å²) in [4.78, 5) is 11.1. The molecule has 0 radical (unpaired) electrons. The summed E-state index contributed by atoms with van der Waals surface area (Å²) in [5.41, 5.74) is 1.01. The summed E-state index contributed by atoms with van der Waals surface area (Å²) in [6.45, 7) is 1.91. The van der Waals surface area contributed by atoms with E-state index in [1.54, 1.807) is 0 Å². The maximum absolute atomic E-state index is 10.4. The molecule has 0 N–H and O–H groups in total. The van der Waals surface area contributed by atoms with E-state index in [0.717, 1.165) is 25.0 Å². The van der Waals surface area contributed by atoms with Crippen LogP contribution in [-0.2, 0) is 0 Å². The van der Waals surface area contributed by atoms with Gasteiger partial charge in [-0.3, -0.25) is 4.79 Å². The molecule has 0 aliphatic carbocycles. The molecule has 0 saturated heterocycles. The van der Waals surface area contributed by atoms with E-state index in [1.165, 1.54) is 11.3 Å². The van der Waals surface area contributed by atoms with Gasteiger partial charge >= 0.3 is 0 Å². The number of thiophene rings is 1. The lowest BCUT2D eigenvalue weighted by Crippen LogP contribution is -1.74. The Bertz CT molecular complexity index is 267. The highest BCUT2D eigenvalue weighted by molar-refractivity contribution is 9.13. The standard InChI is InChI=1S/C6H4Br2OS/c1-3-4(2-9)10-6(8)5(3)7/h2H,1H3. The molecule has 1 heterocycles. The minimum Gasteiger partial charge on any atom is -0.297 e. The lowest BCUT2D eigenvalue weighted by Gasteiger charge is -1.85. The van der Waals surface area contributed by atoms with Crippen molar-refractivity contribution in [3.63, 3.8) is 0 Å². The van der Waals surface area contributed by atoms with Gasteiger partial charge in [-0.15, -0.1) is 11.3 Å². The molecule has 0 amide bonds. The molecule has 0 aromatic carbocycles. The number of rotatable bonds is 1. The van der Waals surface area contributed by atoms with E-state index in [9.17, 15) is 4.79 Å². The zero-order valence-corrected chi connectivity index (χ0v) is 9.14. The molecule has 4 heteroatoms. The largest absolute Gasteiger partial charge is 0.297 e. The molecule has 0 aliphatic heterocycles. The van der Waals surface area contributed by atoms with Gasteiger partial charge in [0.25, 0.3) is 0 Å². The van der Waals surface area contributed by atoms with Gasteiger partial charge in [0.15, 0.2) is 6.29 Å². The minimum absolute atomic E-state index is 0.777. The van der Waals surface area contributed by atoms with Crippen LogP contribution in [0.4, 0.5) is 0 Å². The molecule has 1 aromatic rings. The Morgan fingerprint density at radius 2 is 2.10 bits per heavy atom. The topological polar surface area (TPSA) is 17.1 Å². The van der Waals surface area contributed by atoms with Gasteiger partial charge in [-0.05, 0) is 44.3 Å². The molecule has 1 aromatic heterocycles. The van der Waals surface area contributed by atoms with E-state index in [-0.39, 0.29) is 0 Å². The van der Waals surface area contributed by atoms with Crippen LogP contribution in [0.25, 0.3) is 0 Å². The first-order valence-electron chi connectivity index (χ1n) is 2.56. The fraction of sp³-hybridized carbons (Fsp3) is 0.167. The van der Waals surface area contributed by atoms with Crippen LogP contribution >= 0.6 is 43.2 Å². The Morgan fingerprint density at radius 3 is 2.30 bits per heavy atom. The van der Waals surface area contributed by atoms with E-state index in [0.29, 0.717) is 0 Å². The van der Waals surface area contributed by atoms with Gasteiger partial charge in [-0.2, -0.15) is 0 Å². The summed E-state index contributed by atoms with van der Waals surface area (Å²) in [7, 11) is 0. The Hall–Kier alpha value is 0.330. The van der Waals surface area contributed by atoms with Crippen molar-refractivity contribution in [1.29, 1.82) is 0 Å². The van der Waals surface area contributed by atoms with Crippen LogP contribution in [0.15, 0.2) is 8.26 Å². The predicted octanol–water partition coefficient (Wildman–Crippen LogP) is 3.39. The SMILES string of the molecule is Cc1c(C=O)sc(Br)c1Br. The van der Waals surface area contributed by atoms with Gasteiger partial charge in [0.1, 0.15) is 0 Å². The fourth-order valence-electron chi connectivity index (χ4n) is 0.586. The van der Waals surface area contributed by atoms with Crippen molar-refractivity contribution in [2.75, 3.05) is 0 Å². The molecule has 0 spiro atoms. The quantitative estimate of drug-likeness (QED) is 0.722. The van der Waals surface area contributed by atoms with Gasteiger partial charge < -0.3 is 0 Å². The predicted molar refractivity (Wildman–Crippen MR) is 49.8 cm³/mol. The Kier molecular flexibility index (Phi) is 2.66. The average molecular weight is 284 g/mol. The fourth-order valence-corrected chi connectivity index (χ4v) is 2.73. The maximum Gasteiger partial charge on any atom is 0.160 e. The number of hydrogen-bond acceptors (Lipinski definition) is 2. The summed E-state index contributed by atoms with van der Waals surface area (Å²) in [6, 6.07) is 0. The molecular weight excluding hydrogens is 280 g/mol. The molecule has 1 nitrogen and oxygen atoms in total. The first-order chi connectivity index (χ1) is 4.66. The third kappa shape index (κ3) is 1.33. The van der Waals surface area contributed by atoms with E-state index in [4.69, 9.17) is 0 Å². The molecule has 0 aliphatic rings. The lowest BCUT2D eigenvalue weighted by molar-refractivity contribution is 0.112. The molecular formula is C6H4Br2OS. The molecule has 1 rings (SSSR count). The highest BCUT2D eigenvalue weighted by atomic mass is 79.9. The van der Waals surface area contributed by atoms with Crippen molar-refractivity contribution in [3.05, 3.63) is 18.7 Å². The van der Waals surface area contributed by atoms with Gasteiger partial charge in [0.05, 0.1) is 8.66 Å². The van der Waals surface area contributed by atoms with Crippen LogP contribution in [0, 0.1) is 6.92 Å². The Labute approximate surface area is 79.7 Å². The summed E-state index contributed by atoms with van der Waals surface area (Å²) >= 11 is 8.11. The van der Waals surface area contributed by atoms with Gasteiger partial charge in [0.2, 0.25) is 0 Å². The van der Waals surface area contributed by atoms with Crippen molar-refractivity contribution < 1.29 is 4.79 Å². The monoisotopic (exact) mass is 282 g/mol. The van der Waals surface area contributed by atoms with Crippen molar-refractivity contribution >= 4 is 49.5 Å². The van der Waals surface area contributed by atoms with E-state index < -0.39 is 0 Å². The second kappa shape index (κ2) is 3.15. The lowest BCUT2D eigenvalue weighted by atomic mass is 10.3. The first kappa shape index (κ1) is 8.43. The van der Waals surface area contributed by atoms with Crippen LogP contribution < -0.4 is 0 Å².